The molecular weight excluding hydrogens is 446 g/mol. The van der Waals surface area contributed by atoms with Gasteiger partial charge >= 0.3 is 17.7 Å². The maximum absolute atomic E-state index is 13.1. The first kappa shape index (κ1) is 23.8. The molecule has 1 aromatic heterocycles. The molecule has 0 aliphatic rings. The highest BCUT2D eigenvalue weighted by molar-refractivity contribution is 5.86. The third-order valence-corrected chi connectivity index (χ3v) is 5.38. The highest BCUT2D eigenvalue weighted by atomic mass is 16.6. The molecular formula is C28H25NO6. The van der Waals surface area contributed by atoms with Gasteiger partial charge in [-0.2, -0.15) is 0 Å². The average Bonchev–Trinajstić information content (AvgIpc) is 2.87. The molecule has 7 heteroatoms. The maximum Gasteiger partial charge on any atom is 0.408 e. The zero-order valence-electron chi connectivity index (χ0n) is 19.2. The summed E-state index contributed by atoms with van der Waals surface area (Å²) in [5.41, 5.74) is 2.10. The van der Waals surface area contributed by atoms with Crippen LogP contribution in [0, 0.1) is 0 Å². The number of rotatable bonds is 8. The molecule has 4 rings (SSSR count). The summed E-state index contributed by atoms with van der Waals surface area (Å²) in [6.07, 6.45) is 0.847. The van der Waals surface area contributed by atoms with E-state index < -0.39 is 23.7 Å². The Kier molecular flexibility index (Phi) is 7.57. The number of hydrogen-bond donors (Lipinski definition) is 1. The molecule has 0 spiro atoms. The molecule has 4 aromatic rings. The second-order valence-corrected chi connectivity index (χ2v) is 7.97. The summed E-state index contributed by atoms with van der Waals surface area (Å²) >= 11 is 0. The van der Waals surface area contributed by atoms with Crippen LogP contribution in [0.5, 0.6) is 5.75 Å². The normalized spacial score (nSPS) is 11.6. The molecule has 3 aromatic carbocycles. The molecule has 1 N–H and O–H groups in total. The number of benzene rings is 3. The minimum Gasteiger partial charge on any atom is -0.445 e. The SMILES string of the molecule is CCCc1cc(=O)oc2cc(OC(=O)C(NC(=O)OCc3ccccc3)c3ccccc3)ccc12. The summed E-state index contributed by atoms with van der Waals surface area (Å²) in [5, 5.41) is 3.37. The average molecular weight is 472 g/mol. The Bertz CT molecular complexity index is 1360. The smallest absolute Gasteiger partial charge is 0.408 e. The summed E-state index contributed by atoms with van der Waals surface area (Å²) in [6.45, 7) is 2.09. The van der Waals surface area contributed by atoms with Crippen LogP contribution in [0.25, 0.3) is 11.0 Å². The number of hydrogen-bond acceptors (Lipinski definition) is 6. The Balaban J connectivity index is 1.52. The van der Waals surface area contributed by atoms with Crippen LogP contribution >= 0.6 is 0 Å². The zero-order valence-corrected chi connectivity index (χ0v) is 19.2. The lowest BCUT2D eigenvalue weighted by atomic mass is 10.1. The van der Waals surface area contributed by atoms with Crippen molar-refractivity contribution in [2.75, 3.05) is 0 Å². The van der Waals surface area contributed by atoms with E-state index in [1.807, 2.05) is 37.3 Å². The van der Waals surface area contributed by atoms with Crippen molar-refractivity contribution in [1.29, 1.82) is 0 Å². The number of carbonyl (C=O) groups excluding carboxylic acids is 2. The lowest BCUT2D eigenvalue weighted by Gasteiger charge is -2.18. The van der Waals surface area contributed by atoms with E-state index in [0.717, 1.165) is 29.4 Å². The lowest BCUT2D eigenvalue weighted by molar-refractivity contribution is -0.136. The monoisotopic (exact) mass is 471 g/mol. The minimum absolute atomic E-state index is 0.0625. The molecule has 0 saturated carbocycles. The fourth-order valence-electron chi connectivity index (χ4n) is 3.73. The molecule has 0 fully saturated rings. The van der Waals surface area contributed by atoms with Crippen LogP contribution in [-0.4, -0.2) is 12.1 Å². The van der Waals surface area contributed by atoms with Gasteiger partial charge in [0.25, 0.3) is 0 Å². The number of amides is 1. The standard InChI is InChI=1S/C28H25NO6/c1-2-9-21-16-25(30)35-24-17-22(14-15-23(21)24)34-27(31)26(20-12-7-4-8-13-20)29-28(32)33-18-19-10-5-3-6-11-19/h3-8,10-17,26H,2,9,18H2,1H3,(H,29,32). The van der Waals surface area contributed by atoms with E-state index in [4.69, 9.17) is 13.9 Å². The van der Waals surface area contributed by atoms with Crippen molar-refractivity contribution in [2.24, 2.45) is 0 Å². The van der Waals surface area contributed by atoms with Gasteiger partial charge in [-0.25, -0.2) is 14.4 Å². The van der Waals surface area contributed by atoms with E-state index in [9.17, 15) is 14.4 Å². The van der Waals surface area contributed by atoms with E-state index in [1.54, 1.807) is 42.5 Å². The van der Waals surface area contributed by atoms with Crippen molar-refractivity contribution in [3.05, 3.63) is 112 Å². The van der Waals surface area contributed by atoms with Crippen molar-refractivity contribution < 1.29 is 23.5 Å². The van der Waals surface area contributed by atoms with Crippen LogP contribution in [0.3, 0.4) is 0 Å². The molecule has 0 bridgehead atoms. The topological polar surface area (TPSA) is 94.8 Å². The summed E-state index contributed by atoms with van der Waals surface area (Å²) < 4.78 is 16.2. The Hall–Kier alpha value is -4.39. The van der Waals surface area contributed by atoms with E-state index in [2.05, 4.69) is 5.32 Å². The molecule has 0 aliphatic carbocycles. The van der Waals surface area contributed by atoms with Crippen LogP contribution in [0.1, 0.15) is 36.1 Å². The van der Waals surface area contributed by atoms with E-state index >= 15 is 0 Å². The molecule has 1 atom stereocenters. The van der Waals surface area contributed by atoms with Crippen LogP contribution in [-0.2, 0) is 22.6 Å². The molecule has 1 heterocycles. The Morgan fingerprint density at radius 1 is 0.943 bits per heavy atom. The van der Waals surface area contributed by atoms with Gasteiger partial charge in [0.15, 0.2) is 6.04 Å². The maximum atomic E-state index is 13.1. The van der Waals surface area contributed by atoms with Gasteiger partial charge in [0.1, 0.15) is 17.9 Å². The Morgan fingerprint density at radius 2 is 1.66 bits per heavy atom. The highest BCUT2D eigenvalue weighted by Gasteiger charge is 2.26. The molecule has 0 aliphatic heterocycles. The molecule has 1 unspecified atom stereocenters. The van der Waals surface area contributed by atoms with Gasteiger partial charge in [-0.15, -0.1) is 0 Å². The largest absolute Gasteiger partial charge is 0.445 e. The van der Waals surface area contributed by atoms with Gasteiger partial charge in [0, 0.05) is 17.5 Å². The van der Waals surface area contributed by atoms with Crippen molar-refractivity contribution >= 4 is 23.0 Å². The number of esters is 1. The molecule has 0 radical (unpaired) electrons. The first-order valence-corrected chi connectivity index (χ1v) is 11.3. The third kappa shape index (κ3) is 6.14. The summed E-state index contributed by atoms with van der Waals surface area (Å²) in [5.74, 6) is -0.515. The molecule has 0 saturated heterocycles. The van der Waals surface area contributed by atoms with E-state index in [-0.39, 0.29) is 12.4 Å². The van der Waals surface area contributed by atoms with Crippen LogP contribution in [0.15, 0.2) is 94.1 Å². The highest BCUT2D eigenvalue weighted by Crippen LogP contribution is 2.25. The molecule has 7 nitrogen and oxygen atoms in total. The number of nitrogens with one attached hydrogen (secondary N) is 1. The quantitative estimate of drug-likeness (QED) is 0.212. The fraction of sp³-hybridized carbons (Fsp3) is 0.179. The minimum atomic E-state index is -1.10. The van der Waals surface area contributed by atoms with Gasteiger partial charge in [-0.3, -0.25) is 0 Å². The van der Waals surface area contributed by atoms with Crippen molar-refractivity contribution in [3.63, 3.8) is 0 Å². The Labute approximate surface area is 202 Å². The second kappa shape index (κ2) is 11.2. The van der Waals surface area contributed by atoms with Gasteiger partial charge in [-0.05, 0) is 35.2 Å². The van der Waals surface area contributed by atoms with Crippen molar-refractivity contribution in [1.82, 2.24) is 5.32 Å². The zero-order chi connectivity index (χ0) is 24.6. The fourth-order valence-corrected chi connectivity index (χ4v) is 3.73. The van der Waals surface area contributed by atoms with Gasteiger partial charge in [0.05, 0.1) is 0 Å². The van der Waals surface area contributed by atoms with Crippen LogP contribution in [0.4, 0.5) is 4.79 Å². The summed E-state index contributed by atoms with van der Waals surface area (Å²) in [6, 6.07) is 23.2. The summed E-state index contributed by atoms with van der Waals surface area (Å²) in [4.78, 5) is 37.5. The molecule has 35 heavy (non-hydrogen) atoms. The Morgan fingerprint density at radius 3 is 2.37 bits per heavy atom. The number of ether oxygens (including phenoxy) is 2. The molecule has 178 valence electrons. The van der Waals surface area contributed by atoms with Gasteiger partial charge in [-0.1, -0.05) is 74.0 Å². The predicted molar refractivity (Wildman–Crippen MR) is 131 cm³/mol. The second-order valence-electron chi connectivity index (χ2n) is 7.97. The molecule has 1 amide bonds. The lowest BCUT2D eigenvalue weighted by Crippen LogP contribution is -2.36. The van der Waals surface area contributed by atoms with Gasteiger partial charge < -0.3 is 19.2 Å². The first-order chi connectivity index (χ1) is 17.0. The van der Waals surface area contributed by atoms with Crippen molar-refractivity contribution in [3.8, 4) is 5.75 Å². The third-order valence-electron chi connectivity index (χ3n) is 5.38. The number of fused-ring (bicyclic) bond motifs is 1. The first-order valence-electron chi connectivity index (χ1n) is 11.3. The number of alkyl carbamates (subject to hydrolysis) is 1. The van der Waals surface area contributed by atoms with Crippen LogP contribution < -0.4 is 15.7 Å². The number of aryl methyl sites for hydroxylation is 1. The van der Waals surface area contributed by atoms with Crippen molar-refractivity contribution in [2.45, 2.75) is 32.4 Å². The van der Waals surface area contributed by atoms with E-state index in [0.29, 0.717) is 11.1 Å². The predicted octanol–water partition coefficient (Wildman–Crippen LogP) is 5.32. The number of carbonyl (C=O) groups is 2. The van der Waals surface area contributed by atoms with E-state index in [1.165, 1.54) is 12.1 Å². The van der Waals surface area contributed by atoms with Gasteiger partial charge in [0.2, 0.25) is 0 Å². The summed E-state index contributed by atoms with van der Waals surface area (Å²) in [7, 11) is 0. The van der Waals surface area contributed by atoms with Crippen LogP contribution in [0.2, 0.25) is 0 Å².